The lowest BCUT2D eigenvalue weighted by Crippen LogP contribution is -2.33. The van der Waals surface area contributed by atoms with Gasteiger partial charge in [0.15, 0.2) is 0 Å². The van der Waals surface area contributed by atoms with E-state index in [0.717, 1.165) is 11.4 Å². The number of anilines is 2. The van der Waals surface area contributed by atoms with Crippen molar-refractivity contribution < 1.29 is 0 Å². The van der Waals surface area contributed by atoms with Crippen LogP contribution in [0.4, 0.5) is 11.4 Å². The molecule has 1 aliphatic rings. The smallest absolute Gasteiger partial charge is 0.0502 e. The molecule has 4 rings (SSSR count). The topological polar surface area (TPSA) is 3.24 Å². The molecule has 0 aromatic heterocycles. The lowest BCUT2D eigenvalue weighted by Gasteiger charge is -2.42. The normalized spacial score (nSPS) is 15.1. The molecule has 0 spiro atoms. The lowest BCUT2D eigenvalue weighted by atomic mass is 9.73. The molecule has 0 radical (unpaired) electrons. The number of benzene rings is 3. The van der Waals surface area contributed by atoms with Crippen LogP contribution in [0.1, 0.15) is 25.0 Å². The highest BCUT2D eigenvalue weighted by Crippen LogP contribution is 2.48. The van der Waals surface area contributed by atoms with E-state index < -0.39 is 0 Å². The van der Waals surface area contributed by atoms with Crippen molar-refractivity contribution in [3.63, 3.8) is 0 Å². The maximum Gasteiger partial charge on any atom is 0.0502 e. The molecule has 1 aliphatic heterocycles. The Morgan fingerprint density at radius 1 is 0.759 bits per heavy atom. The van der Waals surface area contributed by atoms with Gasteiger partial charge in [0.1, 0.15) is 0 Å². The van der Waals surface area contributed by atoms with Crippen molar-refractivity contribution in [3.8, 4) is 11.1 Å². The molecule has 0 amide bonds. The Morgan fingerprint density at radius 2 is 1.34 bits per heavy atom. The molecule has 3 aromatic carbocycles. The number of aryl methyl sites for hydroxylation is 1. The molecule has 0 aliphatic carbocycles. The first-order chi connectivity index (χ1) is 14.0. The number of allylic oxidation sites excluding steroid dienone is 3. The largest absolute Gasteiger partial charge is 0.310 e. The van der Waals surface area contributed by atoms with Gasteiger partial charge in [-0.25, -0.2) is 0 Å². The molecule has 0 saturated heterocycles. The van der Waals surface area contributed by atoms with Crippen molar-refractivity contribution >= 4 is 11.4 Å². The van der Waals surface area contributed by atoms with Gasteiger partial charge >= 0.3 is 0 Å². The predicted octanol–water partition coefficient (Wildman–Crippen LogP) is 7.72. The molecule has 1 heterocycles. The molecule has 144 valence electrons. The van der Waals surface area contributed by atoms with Crippen molar-refractivity contribution in [1.29, 1.82) is 0 Å². The third-order valence-corrected chi connectivity index (χ3v) is 5.92. The summed E-state index contributed by atoms with van der Waals surface area (Å²) >= 11 is 0. The molecular formula is C28H27N. The van der Waals surface area contributed by atoms with Crippen LogP contribution in [0.25, 0.3) is 11.1 Å². The first-order valence-corrected chi connectivity index (χ1v) is 10.0. The SMILES string of the molecule is C=CC1=C(C=C)C(C)(C)c2ccccc2N1c1ccc(-c2ccc(C)cc2)cc1. The van der Waals surface area contributed by atoms with Crippen LogP contribution in [0.15, 0.2) is 109 Å². The quantitative estimate of drug-likeness (QED) is 0.450. The Bertz CT molecular complexity index is 1100. The summed E-state index contributed by atoms with van der Waals surface area (Å²) in [4.78, 5) is 2.30. The van der Waals surface area contributed by atoms with Crippen LogP contribution < -0.4 is 4.90 Å². The molecule has 29 heavy (non-hydrogen) atoms. The number of para-hydroxylation sites is 1. The second-order valence-corrected chi connectivity index (χ2v) is 8.10. The number of rotatable bonds is 4. The summed E-state index contributed by atoms with van der Waals surface area (Å²) < 4.78 is 0. The summed E-state index contributed by atoms with van der Waals surface area (Å²) in [5, 5.41) is 0. The minimum absolute atomic E-state index is 0.125. The molecule has 1 nitrogen and oxygen atoms in total. The van der Waals surface area contributed by atoms with E-state index >= 15 is 0 Å². The van der Waals surface area contributed by atoms with Gasteiger partial charge in [-0.15, -0.1) is 0 Å². The Hall–Kier alpha value is -3.32. The van der Waals surface area contributed by atoms with Gasteiger partial charge in [0.05, 0.1) is 5.69 Å². The van der Waals surface area contributed by atoms with E-state index in [0.29, 0.717) is 0 Å². The number of hydrogen-bond acceptors (Lipinski definition) is 1. The van der Waals surface area contributed by atoms with Gasteiger partial charge in [-0.05, 0) is 53.5 Å². The monoisotopic (exact) mass is 377 g/mol. The van der Waals surface area contributed by atoms with Gasteiger partial charge in [-0.1, -0.05) is 93.2 Å². The zero-order valence-electron chi connectivity index (χ0n) is 17.4. The maximum absolute atomic E-state index is 4.12. The van der Waals surface area contributed by atoms with E-state index in [1.165, 1.54) is 33.5 Å². The molecule has 0 saturated carbocycles. The van der Waals surface area contributed by atoms with Crippen molar-refractivity contribution in [1.82, 2.24) is 0 Å². The second kappa shape index (κ2) is 7.25. The third-order valence-electron chi connectivity index (χ3n) is 5.92. The van der Waals surface area contributed by atoms with Crippen LogP contribution in [0, 0.1) is 6.92 Å². The average Bonchev–Trinajstić information content (AvgIpc) is 2.74. The molecule has 0 atom stereocenters. The van der Waals surface area contributed by atoms with E-state index in [4.69, 9.17) is 0 Å². The Labute approximate surface area is 174 Å². The molecule has 1 heteroatoms. The van der Waals surface area contributed by atoms with E-state index in [1.807, 2.05) is 12.2 Å². The minimum atomic E-state index is -0.125. The van der Waals surface area contributed by atoms with Gasteiger partial charge in [0, 0.05) is 16.8 Å². The highest BCUT2D eigenvalue weighted by Gasteiger charge is 2.36. The highest BCUT2D eigenvalue weighted by atomic mass is 15.2. The lowest BCUT2D eigenvalue weighted by molar-refractivity contribution is 0.621. The van der Waals surface area contributed by atoms with Gasteiger partial charge in [0.25, 0.3) is 0 Å². The van der Waals surface area contributed by atoms with Crippen molar-refractivity contribution in [2.45, 2.75) is 26.2 Å². The number of hydrogen-bond donors (Lipinski definition) is 0. The standard InChI is InChI=1S/C28H27N/c1-6-24-26(7-2)29(27-11-9-8-10-25(27)28(24,4)5)23-18-16-22(17-19-23)21-14-12-20(3)13-15-21/h6-19H,1-2H2,3-5H3. The van der Waals surface area contributed by atoms with Crippen molar-refractivity contribution in [2.24, 2.45) is 0 Å². The van der Waals surface area contributed by atoms with Crippen LogP contribution in [-0.2, 0) is 5.41 Å². The minimum Gasteiger partial charge on any atom is -0.310 e. The summed E-state index contributed by atoms with van der Waals surface area (Å²) in [6.07, 6.45) is 3.92. The Balaban J connectivity index is 1.85. The van der Waals surface area contributed by atoms with Gasteiger partial charge in [0.2, 0.25) is 0 Å². The summed E-state index contributed by atoms with van der Waals surface area (Å²) in [5.41, 5.74) is 9.49. The summed E-state index contributed by atoms with van der Waals surface area (Å²) in [7, 11) is 0. The van der Waals surface area contributed by atoms with Crippen molar-refractivity contribution in [2.75, 3.05) is 4.90 Å². The fourth-order valence-corrected chi connectivity index (χ4v) is 4.30. The zero-order chi connectivity index (χ0) is 20.6. The Morgan fingerprint density at radius 3 is 1.93 bits per heavy atom. The van der Waals surface area contributed by atoms with Gasteiger partial charge in [-0.3, -0.25) is 0 Å². The third kappa shape index (κ3) is 3.13. The van der Waals surface area contributed by atoms with E-state index in [9.17, 15) is 0 Å². The summed E-state index contributed by atoms with van der Waals surface area (Å²) in [6.45, 7) is 14.9. The van der Waals surface area contributed by atoms with Crippen LogP contribution >= 0.6 is 0 Å². The molecule has 0 N–H and O–H groups in total. The van der Waals surface area contributed by atoms with Crippen LogP contribution in [0.5, 0.6) is 0 Å². The van der Waals surface area contributed by atoms with Gasteiger partial charge < -0.3 is 4.90 Å². The first kappa shape index (κ1) is 19.0. The maximum atomic E-state index is 4.12. The van der Waals surface area contributed by atoms with E-state index in [-0.39, 0.29) is 5.41 Å². The summed E-state index contributed by atoms with van der Waals surface area (Å²) in [5.74, 6) is 0. The van der Waals surface area contributed by atoms with Crippen molar-refractivity contribution in [3.05, 3.63) is 121 Å². The van der Waals surface area contributed by atoms with Crippen LogP contribution in [0.3, 0.4) is 0 Å². The molecule has 0 bridgehead atoms. The average molecular weight is 378 g/mol. The van der Waals surface area contributed by atoms with Crippen LogP contribution in [0.2, 0.25) is 0 Å². The predicted molar refractivity (Wildman–Crippen MR) is 126 cm³/mol. The number of fused-ring (bicyclic) bond motifs is 1. The van der Waals surface area contributed by atoms with Gasteiger partial charge in [-0.2, -0.15) is 0 Å². The first-order valence-electron chi connectivity index (χ1n) is 10.0. The van der Waals surface area contributed by atoms with E-state index in [1.54, 1.807) is 0 Å². The molecular weight excluding hydrogens is 350 g/mol. The molecule has 3 aromatic rings. The highest BCUT2D eigenvalue weighted by molar-refractivity contribution is 5.80. The number of nitrogens with zero attached hydrogens (tertiary/aromatic N) is 1. The van der Waals surface area contributed by atoms with E-state index in [2.05, 4.69) is 112 Å². The zero-order valence-corrected chi connectivity index (χ0v) is 17.4. The summed E-state index contributed by atoms with van der Waals surface area (Å²) in [6, 6.07) is 26.0. The fraction of sp³-hybridized carbons (Fsp3) is 0.143. The molecule has 0 fully saturated rings. The Kier molecular flexibility index (Phi) is 4.76. The fourth-order valence-electron chi connectivity index (χ4n) is 4.30. The molecule has 0 unspecified atom stereocenters. The van der Waals surface area contributed by atoms with Crippen LogP contribution in [-0.4, -0.2) is 0 Å². The second-order valence-electron chi connectivity index (χ2n) is 8.10.